The van der Waals surface area contributed by atoms with Crippen molar-refractivity contribution in [3.05, 3.63) is 57.9 Å². The number of aromatic nitrogens is 1. The Bertz CT molecular complexity index is 1700. The molecule has 3 fully saturated rings. The smallest absolute Gasteiger partial charge is 0.410 e. The van der Waals surface area contributed by atoms with Gasteiger partial charge in [-0.3, -0.25) is 9.69 Å². The first-order chi connectivity index (χ1) is 23.1. The Morgan fingerprint density at radius 1 is 1.00 bits per heavy atom. The molecule has 2 aliphatic heterocycles. The summed E-state index contributed by atoms with van der Waals surface area (Å²) in [5.74, 6) is 7.75. The van der Waals surface area contributed by atoms with Gasteiger partial charge in [0.1, 0.15) is 29.2 Å². The van der Waals surface area contributed by atoms with Crippen molar-refractivity contribution in [1.29, 1.82) is 5.26 Å². The van der Waals surface area contributed by atoms with Gasteiger partial charge in [-0.05, 0) is 76.6 Å². The number of hydrogen-bond acceptors (Lipinski definition) is 7. The van der Waals surface area contributed by atoms with Gasteiger partial charge in [-0.25, -0.2) is 9.78 Å². The summed E-state index contributed by atoms with van der Waals surface area (Å²) in [6.07, 6.45) is 3.91. The Balaban J connectivity index is 1.03. The molecule has 260 valence electrons. The quantitative estimate of drug-likeness (QED) is 0.323. The van der Waals surface area contributed by atoms with Crippen molar-refractivity contribution >= 4 is 23.6 Å². The van der Waals surface area contributed by atoms with Crippen molar-refractivity contribution in [2.24, 2.45) is 16.7 Å². The van der Waals surface area contributed by atoms with Gasteiger partial charge in [-0.15, -0.1) is 0 Å². The highest BCUT2D eigenvalue weighted by atomic mass is 35.5. The van der Waals surface area contributed by atoms with Gasteiger partial charge in [0.15, 0.2) is 0 Å². The summed E-state index contributed by atoms with van der Waals surface area (Å²) in [4.78, 5) is 37.3. The fourth-order valence-corrected chi connectivity index (χ4v) is 9.06. The molecule has 1 saturated heterocycles. The molecule has 0 unspecified atom stereocenters. The number of amides is 2. The molecule has 0 radical (unpaired) electrons. The van der Waals surface area contributed by atoms with Gasteiger partial charge in [0.25, 0.3) is 5.91 Å². The van der Waals surface area contributed by atoms with Crippen molar-refractivity contribution in [3.8, 4) is 23.7 Å². The highest BCUT2D eigenvalue weighted by Crippen LogP contribution is 2.59. The van der Waals surface area contributed by atoms with E-state index in [0.717, 1.165) is 44.5 Å². The molecule has 2 aromatic rings. The predicted molar refractivity (Wildman–Crippen MR) is 188 cm³/mol. The molecule has 0 atom stereocenters. The molecule has 1 aromatic carbocycles. The standard InChI is InChI=1S/C39H48ClN5O4/c1-37(2,3)49-36(47)44-20-18-43(19-21-44)28-14-9-25(10-15-28)8-12-27-13-17-30-32(42-27)24-45(33(30)46)34-38(4,5)35(39(34,6)7)48-29-16-11-26(23-41)31(40)22-29/h11,13,16-17,22,25,28,34-35H,9-10,14-15,18-21,24H2,1-7H3/t25?,28?,34-,35-. The van der Waals surface area contributed by atoms with E-state index in [1.165, 1.54) is 0 Å². The molecule has 49 heavy (non-hydrogen) atoms. The molecular formula is C39H48ClN5O4. The van der Waals surface area contributed by atoms with Crippen LogP contribution in [0.1, 0.15) is 101 Å². The van der Waals surface area contributed by atoms with E-state index in [9.17, 15) is 14.9 Å². The number of carbonyl (C=O) groups is 2. The maximum absolute atomic E-state index is 13.7. The Labute approximate surface area is 295 Å². The molecular weight excluding hydrogens is 638 g/mol. The average Bonchev–Trinajstić information content (AvgIpc) is 3.35. The van der Waals surface area contributed by atoms with Crippen LogP contribution in [0.25, 0.3) is 0 Å². The third-order valence-corrected chi connectivity index (χ3v) is 11.1. The first-order valence-electron chi connectivity index (χ1n) is 17.5. The summed E-state index contributed by atoms with van der Waals surface area (Å²) in [6, 6.07) is 11.4. The number of ether oxygens (including phenoxy) is 2. The fraction of sp³-hybridized carbons (Fsp3) is 0.590. The van der Waals surface area contributed by atoms with E-state index in [1.807, 2.05) is 42.7 Å². The lowest BCUT2D eigenvalue weighted by atomic mass is 9.49. The summed E-state index contributed by atoms with van der Waals surface area (Å²) in [5, 5.41) is 9.59. The minimum absolute atomic E-state index is 0.00160. The summed E-state index contributed by atoms with van der Waals surface area (Å²) in [6.45, 7) is 17.9. The maximum atomic E-state index is 13.7. The van der Waals surface area contributed by atoms with Crippen LogP contribution < -0.4 is 4.74 Å². The van der Waals surface area contributed by atoms with Gasteiger partial charge in [-0.1, -0.05) is 45.2 Å². The van der Waals surface area contributed by atoms with E-state index >= 15 is 0 Å². The molecule has 0 bridgehead atoms. The minimum Gasteiger partial charge on any atom is -0.489 e. The van der Waals surface area contributed by atoms with E-state index in [4.69, 9.17) is 26.1 Å². The van der Waals surface area contributed by atoms with Gasteiger partial charge in [0.2, 0.25) is 0 Å². The number of benzene rings is 1. The van der Waals surface area contributed by atoms with E-state index in [2.05, 4.69) is 50.5 Å². The van der Waals surface area contributed by atoms with Gasteiger partial charge in [0.05, 0.1) is 28.4 Å². The van der Waals surface area contributed by atoms with Crippen LogP contribution in [0, 0.1) is 39.9 Å². The van der Waals surface area contributed by atoms with E-state index < -0.39 is 5.60 Å². The molecule has 2 amide bonds. The molecule has 0 N–H and O–H groups in total. The molecule has 3 heterocycles. The number of nitrogens with zero attached hydrogens (tertiary/aromatic N) is 5. The third-order valence-electron chi connectivity index (χ3n) is 10.8. The number of halogens is 1. The van der Waals surface area contributed by atoms with E-state index in [-0.39, 0.29) is 35.0 Å². The number of rotatable bonds is 4. The van der Waals surface area contributed by atoms with Gasteiger partial charge in [0, 0.05) is 61.1 Å². The Hall–Kier alpha value is -3.79. The molecule has 9 nitrogen and oxygen atoms in total. The van der Waals surface area contributed by atoms with E-state index in [1.54, 1.807) is 18.2 Å². The van der Waals surface area contributed by atoms with Crippen LogP contribution in [0.15, 0.2) is 30.3 Å². The first kappa shape index (κ1) is 35.1. The highest BCUT2D eigenvalue weighted by Gasteiger charge is 2.67. The molecule has 0 spiro atoms. The molecule has 4 aliphatic rings. The number of carbonyl (C=O) groups excluding carboxylic acids is 2. The molecule has 6 rings (SSSR count). The van der Waals surface area contributed by atoms with Gasteiger partial charge >= 0.3 is 6.09 Å². The van der Waals surface area contributed by atoms with Gasteiger partial charge in [-0.2, -0.15) is 5.26 Å². The van der Waals surface area contributed by atoms with Crippen molar-refractivity contribution < 1.29 is 19.1 Å². The fourth-order valence-electron chi connectivity index (χ4n) is 8.85. The monoisotopic (exact) mass is 685 g/mol. The SMILES string of the molecule is CC(C)(C)OC(=O)N1CCN(C2CCC(C#Cc3ccc4c(n3)CN([C@H]3C(C)(C)[C@H](Oc5ccc(C#N)c(Cl)c5)C3(C)C)C4=O)CC2)CC1. The number of fused-ring (bicyclic) bond motifs is 1. The predicted octanol–water partition coefficient (Wildman–Crippen LogP) is 6.91. The van der Waals surface area contributed by atoms with Crippen molar-refractivity contribution in [3.63, 3.8) is 0 Å². The summed E-state index contributed by atoms with van der Waals surface area (Å²) in [7, 11) is 0. The summed E-state index contributed by atoms with van der Waals surface area (Å²) in [5.41, 5.74) is 1.39. The third kappa shape index (κ3) is 6.98. The Morgan fingerprint density at radius 2 is 1.67 bits per heavy atom. The number of nitriles is 1. The Kier molecular flexibility index (Phi) is 9.41. The van der Waals surface area contributed by atoms with Crippen LogP contribution in [-0.2, 0) is 11.3 Å². The zero-order chi connectivity index (χ0) is 35.3. The van der Waals surface area contributed by atoms with Crippen LogP contribution in [0.2, 0.25) is 5.02 Å². The van der Waals surface area contributed by atoms with E-state index in [0.29, 0.717) is 59.2 Å². The molecule has 1 aromatic heterocycles. The largest absolute Gasteiger partial charge is 0.489 e. The normalized spacial score (nSPS) is 26.1. The highest BCUT2D eigenvalue weighted by molar-refractivity contribution is 6.31. The zero-order valence-corrected chi connectivity index (χ0v) is 30.6. The summed E-state index contributed by atoms with van der Waals surface area (Å²) >= 11 is 6.27. The lowest BCUT2D eigenvalue weighted by Crippen LogP contribution is -2.74. The molecule has 2 aliphatic carbocycles. The van der Waals surface area contributed by atoms with Crippen LogP contribution in [0.4, 0.5) is 4.79 Å². The maximum Gasteiger partial charge on any atom is 0.410 e. The topological polar surface area (TPSA) is 99.0 Å². The van der Waals surface area contributed by atoms with Crippen molar-refractivity contribution in [2.45, 2.75) is 104 Å². The lowest BCUT2D eigenvalue weighted by molar-refractivity contribution is -0.199. The second kappa shape index (κ2) is 13.2. The molecule has 10 heteroatoms. The van der Waals surface area contributed by atoms with Crippen LogP contribution in [0.5, 0.6) is 5.75 Å². The zero-order valence-electron chi connectivity index (χ0n) is 29.8. The van der Waals surface area contributed by atoms with Crippen LogP contribution in [0.3, 0.4) is 0 Å². The second-order valence-electron chi connectivity index (χ2n) is 16.2. The van der Waals surface area contributed by atoms with Gasteiger partial charge < -0.3 is 19.3 Å². The number of pyridine rings is 1. The van der Waals surface area contributed by atoms with Crippen molar-refractivity contribution in [1.82, 2.24) is 19.7 Å². The molecule has 2 saturated carbocycles. The number of hydrogen-bond donors (Lipinski definition) is 0. The first-order valence-corrected chi connectivity index (χ1v) is 17.9. The minimum atomic E-state index is -0.475. The second-order valence-corrected chi connectivity index (χ2v) is 16.6. The summed E-state index contributed by atoms with van der Waals surface area (Å²) < 4.78 is 12.0. The lowest BCUT2D eigenvalue weighted by Gasteiger charge is -2.65. The number of piperazine rings is 1. The van der Waals surface area contributed by atoms with Crippen molar-refractivity contribution in [2.75, 3.05) is 26.2 Å². The Morgan fingerprint density at radius 3 is 2.29 bits per heavy atom. The van der Waals surface area contributed by atoms with Crippen LogP contribution in [-0.4, -0.2) is 81.7 Å². The van der Waals surface area contributed by atoms with Crippen LogP contribution >= 0.6 is 11.6 Å². The average molecular weight is 686 g/mol.